The number of carbonyl (C=O) groups is 1. The van der Waals surface area contributed by atoms with Crippen LogP contribution >= 0.6 is 0 Å². The third-order valence-electron chi connectivity index (χ3n) is 1.90. The van der Waals surface area contributed by atoms with Gasteiger partial charge in [-0.25, -0.2) is 4.79 Å². The Bertz CT molecular complexity index is 529. The van der Waals surface area contributed by atoms with Crippen LogP contribution < -0.4 is 0 Å². The average Bonchev–Trinajstić information content (AvgIpc) is 2.17. The second kappa shape index (κ2) is 4.49. The Morgan fingerprint density at radius 2 is 1.88 bits per heavy atom. The maximum atomic E-state index is 11.7. The molecule has 0 atom stereocenters. The Kier molecular flexibility index (Phi) is 3.49. The molecule has 1 rings (SSSR count). The summed E-state index contributed by atoms with van der Waals surface area (Å²) >= 11 is 0. The predicted molar refractivity (Wildman–Crippen MR) is 59.3 cm³/mol. The molecule has 4 nitrogen and oxygen atoms in total. The van der Waals surface area contributed by atoms with Gasteiger partial charge in [0.2, 0.25) is 0 Å². The van der Waals surface area contributed by atoms with Crippen molar-refractivity contribution in [2.24, 2.45) is 0 Å². The maximum absolute atomic E-state index is 11.7. The molecular weight excluding hydrogens is 228 g/mol. The zero-order valence-electron chi connectivity index (χ0n) is 9.06. The Hall–Kier alpha value is -1.62. The van der Waals surface area contributed by atoms with Crippen LogP contribution in [0.4, 0.5) is 0 Å². The molecule has 1 aromatic carbocycles. The molecule has 0 radical (unpaired) electrons. The minimum absolute atomic E-state index is 0.00963. The summed E-state index contributed by atoms with van der Waals surface area (Å²) in [6.45, 7) is 6.33. The number of hydrogen-bond acceptors (Lipinski definition) is 4. The van der Waals surface area contributed by atoms with Gasteiger partial charge < -0.3 is 4.18 Å². The van der Waals surface area contributed by atoms with Gasteiger partial charge in [0.25, 0.3) is 0 Å². The van der Waals surface area contributed by atoms with Gasteiger partial charge >= 0.3 is 16.1 Å². The van der Waals surface area contributed by atoms with Crippen molar-refractivity contribution in [3.8, 4) is 0 Å². The molecule has 0 aliphatic heterocycles. The van der Waals surface area contributed by atoms with E-state index in [0.717, 1.165) is 0 Å². The molecule has 86 valence electrons. The minimum Gasteiger partial charge on any atom is -0.338 e. The van der Waals surface area contributed by atoms with Gasteiger partial charge in [-0.3, -0.25) is 0 Å². The highest BCUT2D eigenvalue weighted by molar-refractivity contribution is 7.87. The Labute approximate surface area is 94.7 Å². The summed E-state index contributed by atoms with van der Waals surface area (Å²) in [6.07, 6.45) is 0. The lowest BCUT2D eigenvalue weighted by Crippen LogP contribution is -2.14. The highest BCUT2D eigenvalue weighted by Gasteiger charge is 2.21. The van der Waals surface area contributed by atoms with Crippen LogP contribution in [-0.4, -0.2) is 14.4 Å². The molecule has 0 fully saturated rings. The molecule has 0 N–H and O–H groups in total. The van der Waals surface area contributed by atoms with Crippen molar-refractivity contribution in [3.63, 3.8) is 0 Å². The molecule has 0 aliphatic rings. The second-order valence-electron chi connectivity index (χ2n) is 3.37. The third-order valence-corrected chi connectivity index (χ3v) is 3.26. The first-order chi connectivity index (χ1) is 7.34. The fourth-order valence-corrected chi connectivity index (χ4v) is 2.19. The lowest BCUT2D eigenvalue weighted by molar-refractivity contribution is -0.129. The van der Waals surface area contributed by atoms with Crippen molar-refractivity contribution in [2.45, 2.75) is 18.7 Å². The zero-order valence-corrected chi connectivity index (χ0v) is 9.87. The number of benzene rings is 1. The van der Waals surface area contributed by atoms with Gasteiger partial charge in [-0.2, -0.15) is 8.42 Å². The fraction of sp³-hybridized carbons (Fsp3) is 0.182. The molecule has 0 aromatic heterocycles. The molecule has 0 unspecified atom stereocenters. The summed E-state index contributed by atoms with van der Waals surface area (Å²) in [4.78, 5) is 11.1. The Morgan fingerprint density at radius 1 is 1.31 bits per heavy atom. The van der Waals surface area contributed by atoms with Crippen LogP contribution in [0.15, 0.2) is 41.3 Å². The van der Waals surface area contributed by atoms with Crippen LogP contribution in [0.1, 0.15) is 12.5 Å². The first-order valence-corrected chi connectivity index (χ1v) is 5.95. The van der Waals surface area contributed by atoms with Crippen LogP contribution in [0, 0.1) is 6.92 Å². The summed E-state index contributed by atoms with van der Waals surface area (Å²) in [6, 6.07) is 6.28. The van der Waals surface area contributed by atoms with E-state index in [1.807, 2.05) is 0 Å². The van der Waals surface area contributed by atoms with E-state index in [2.05, 4.69) is 10.8 Å². The lowest BCUT2D eigenvalue weighted by atomic mass is 10.2. The van der Waals surface area contributed by atoms with Gasteiger partial charge in [0.1, 0.15) is 4.90 Å². The van der Waals surface area contributed by atoms with E-state index >= 15 is 0 Å². The largest absolute Gasteiger partial charge is 0.349 e. The van der Waals surface area contributed by atoms with E-state index in [0.29, 0.717) is 5.56 Å². The van der Waals surface area contributed by atoms with Gasteiger partial charge in [-0.1, -0.05) is 24.8 Å². The quantitative estimate of drug-likeness (QED) is 0.597. The van der Waals surface area contributed by atoms with E-state index in [1.165, 1.54) is 13.0 Å². The smallest absolute Gasteiger partial charge is 0.338 e. The Morgan fingerprint density at radius 3 is 2.38 bits per heavy atom. The summed E-state index contributed by atoms with van der Waals surface area (Å²) in [5.74, 6) is -0.941. The molecule has 0 saturated carbocycles. The zero-order chi connectivity index (χ0) is 12.3. The van der Waals surface area contributed by atoms with Crippen LogP contribution in [0.5, 0.6) is 0 Å². The normalized spacial score (nSPS) is 10.9. The van der Waals surface area contributed by atoms with Gasteiger partial charge in [-0.15, -0.1) is 0 Å². The third kappa shape index (κ3) is 2.70. The van der Waals surface area contributed by atoms with Gasteiger partial charge in [-0.05, 0) is 25.5 Å². The van der Waals surface area contributed by atoms with Crippen molar-refractivity contribution in [3.05, 3.63) is 42.0 Å². The average molecular weight is 240 g/mol. The van der Waals surface area contributed by atoms with Crippen LogP contribution in [0.25, 0.3) is 0 Å². The molecule has 0 spiro atoms. The molecule has 0 amide bonds. The fourth-order valence-electron chi connectivity index (χ4n) is 1.05. The highest BCUT2D eigenvalue weighted by Crippen LogP contribution is 2.17. The molecule has 16 heavy (non-hydrogen) atoms. The number of aryl methyl sites for hydroxylation is 1. The molecule has 0 bridgehead atoms. The second-order valence-corrected chi connectivity index (χ2v) is 4.89. The van der Waals surface area contributed by atoms with Gasteiger partial charge in [0, 0.05) is 5.57 Å². The summed E-state index contributed by atoms with van der Waals surface area (Å²) in [7, 11) is -4.05. The standard InChI is InChI=1S/C11H12O4S/c1-8(2)11(12)15-16(13,14)10-7-5-4-6-9(10)3/h4-7H,1H2,2-3H3. The van der Waals surface area contributed by atoms with E-state index in [4.69, 9.17) is 0 Å². The van der Waals surface area contributed by atoms with Crippen LogP contribution in [0.3, 0.4) is 0 Å². The lowest BCUT2D eigenvalue weighted by Gasteiger charge is -2.07. The molecule has 5 heteroatoms. The van der Waals surface area contributed by atoms with Crippen molar-refractivity contribution in [1.82, 2.24) is 0 Å². The number of rotatable bonds is 3. The minimum atomic E-state index is -4.05. The molecule has 1 aromatic rings. The molecule has 0 heterocycles. The molecule has 0 aliphatic carbocycles. The van der Waals surface area contributed by atoms with E-state index in [-0.39, 0.29) is 10.5 Å². The predicted octanol–water partition coefficient (Wildman–Crippen LogP) is 1.80. The summed E-state index contributed by atoms with van der Waals surface area (Å²) in [5, 5.41) is 0. The number of carbonyl (C=O) groups excluding carboxylic acids is 1. The van der Waals surface area contributed by atoms with Crippen molar-refractivity contribution in [1.29, 1.82) is 0 Å². The maximum Gasteiger partial charge on any atom is 0.349 e. The summed E-state index contributed by atoms with van der Waals surface area (Å²) < 4.78 is 27.8. The summed E-state index contributed by atoms with van der Waals surface area (Å²) in [5.41, 5.74) is 0.564. The van der Waals surface area contributed by atoms with E-state index < -0.39 is 16.1 Å². The van der Waals surface area contributed by atoms with Crippen LogP contribution in [-0.2, 0) is 19.1 Å². The highest BCUT2D eigenvalue weighted by atomic mass is 32.2. The van der Waals surface area contributed by atoms with Gasteiger partial charge in [0.15, 0.2) is 0 Å². The van der Waals surface area contributed by atoms with E-state index in [9.17, 15) is 13.2 Å². The number of hydrogen-bond donors (Lipinski definition) is 0. The molecular formula is C11H12O4S. The Balaban J connectivity index is 3.09. The van der Waals surface area contributed by atoms with Crippen LogP contribution in [0.2, 0.25) is 0 Å². The van der Waals surface area contributed by atoms with E-state index in [1.54, 1.807) is 25.1 Å². The van der Waals surface area contributed by atoms with Gasteiger partial charge in [0.05, 0.1) is 0 Å². The molecule has 0 saturated heterocycles. The van der Waals surface area contributed by atoms with Crippen molar-refractivity contribution >= 4 is 16.1 Å². The monoisotopic (exact) mass is 240 g/mol. The first-order valence-electron chi connectivity index (χ1n) is 4.54. The SMILES string of the molecule is C=C(C)C(=O)OS(=O)(=O)c1ccccc1C. The topological polar surface area (TPSA) is 60.4 Å². The van der Waals surface area contributed by atoms with Crippen molar-refractivity contribution in [2.75, 3.05) is 0 Å². The first kappa shape index (κ1) is 12.4. The van der Waals surface area contributed by atoms with Crippen molar-refractivity contribution < 1.29 is 17.4 Å².